The SMILES string of the molecule is C=C(C)c1c(C(=O)NC)sc(N(CC)CCOC)c1C#N. The van der Waals surface area contributed by atoms with Gasteiger partial charge in [0.2, 0.25) is 0 Å². The molecule has 0 aliphatic heterocycles. The summed E-state index contributed by atoms with van der Waals surface area (Å²) in [5.41, 5.74) is 1.88. The van der Waals surface area contributed by atoms with Gasteiger partial charge in [0.1, 0.15) is 15.9 Å². The Hall–Kier alpha value is -1.84. The summed E-state index contributed by atoms with van der Waals surface area (Å²) in [4.78, 5) is 14.6. The Morgan fingerprint density at radius 3 is 2.67 bits per heavy atom. The molecule has 5 nitrogen and oxygen atoms in total. The lowest BCUT2D eigenvalue weighted by Crippen LogP contribution is -2.26. The molecule has 0 spiro atoms. The van der Waals surface area contributed by atoms with Crippen LogP contribution in [0.25, 0.3) is 5.57 Å². The number of likely N-dealkylation sites (N-methyl/N-ethyl adjacent to an activating group) is 1. The molecular weight excluding hydrogens is 286 g/mol. The number of nitrogens with one attached hydrogen (secondary N) is 1. The highest BCUT2D eigenvalue weighted by molar-refractivity contribution is 7.18. The summed E-state index contributed by atoms with van der Waals surface area (Å²) in [5, 5.41) is 12.9. The second-order valence-corrected chi connectivity index (χ2v) is 5.53. The molecule has 0 bridgehead atoms. The maximum atomic E-state index is 12.1. The van der Waals surface area contributed by atoms with Gasteiger partial charge in [-0.05, 0) is 19.4 Å². The smallest absolute Gasteiger partial charge is 0.261 e. The van der Waals surface area contributed by atoms with E-state index in [0.717, 1.165) is 17.1 Å². The van der Waals surface area contributed by atoms with Crippen LogP contribution in [0.2, 0.25) is 0 Å². The van der Waals surface area contributed by atoms with Crippen LogP contribution in [-0.2, 0) is 4.74 Å². The number of hydrogen-bond donors (Lipinski definition) is 1. The summed E-state index contributed by atoms with van der Waals surface area (Å²) in [6.07, 6.45) is 0. The zero-order valence-electron chi connectivity index (χ0n) is 12.9. The molecule has 1 rings (SSSR count). The number of amides is 1. The van der Waals surface area contributed by atoms with Crippen LogP contribution in [0.5, 0.6) is 0 Å². The number of methoxy groups -OCH3 is 1. The van der Waals surface area contributed by atoms with Crippen molar-refractivity contribution in [1.29, 1.82) is 5.26 Å². The summed E-state index contributed by atoms with van der Waals surface area (Å²) in [6.45, 7) is 9.70. The van der Waals surface area contributed by atoms with E-state index in [1.165, 1.54) is 11.3 Å². The van der Waals surface area contributed by atoms with Gasteiger partial charge in [-0.15, -0.1) is 11.3 Å². The van der Waals surface area contributed by atoms with E-state index in [2.05, 4.69) is 18.0 Å². The fourth-order valence-electron chi connectivity index (χ4n) is 2.03. The van der Waals surface area contributed by atoms with Gasteiger partial charge < -0.3 is 15.0 Å². The summed E-state index contributed by atoms with van der Waals surface area (Å²) in [7, 11) is 3.22. The first-order chi connectivity index (χ1) is 10.0. The average Bonchev–Trinajstić information content (AvgIpc) is 2.86. The Bertz CT molecular complexity index is 572. The number of hydrogen-bond acceptors (Lipinski definition) is 5. The van der Waals surface area contributed by atoms with Crippen molar-refractivity contribution in [1.82, 2.24) is 5.32 Å². The van der Waals surface area contributed by atoms with Gasteiger partial charge in [0.05, 0.1) is 12.2 Å². The van der Waals surface area contributed by atoms with Crippen LogP contribution in [0.4, 0.5) is 5.00 Å². The molecule has 114 valence electrons. The van der Waals surface area contributed by atoms with Crippen molar-refractivity contribution in [3.05, 3.63) is 22.6 Å². The molecule has 0 aliphatic rings. The Balaban J connectivity index is 3.42. The number of nitrogens with zero attached hydrogens (tertiary/aromatic N) is 2. The van der Waals surface area contributed by atoms with E-state index < -0.39 is 0 Å². The first-order valence-corrected chi connectivity index (χ1v) is 7.52. The molecule has 21 heavy (non-hydrogen) atoms. The van der Waals surface area contributed by atoms with Gasteiger partial charge in [-0.2, -0.15) is 5.26 Å². The Morgan fingerprint density at radius 1 is 1.57 bits per heavy atom. The van der Waals surface area contributed by atoms with Gasteiger partial charge >= 0.3 is 0 Å². The molecule has 1 aromatic rings. The predicted molar refractivity (Wildman–Crippen MR) is 86.9 cm³/mol. The normalized spacial score (nSPS) is 10.0. The minimum Gasteiger partial charge on any atom is -0.383 e. The Morgan fingerprint density at radius 2 is 2.24 bits per heavy atom. The maximum absolute atomic E-state index is 12.1. The molecule has 0 fully saturated rings. The van der Waals surface area contributed by atoms with Gasteiger partial charge in [-0.3, -0.25) is 4.79 Å². The number of allylic oxidation sites excluding steroid dienone is 1. The molecule has 1 amide bonds. The van der Waals surface area contributed by atoms with E-state index in [0.29, 0.717) is 29.2 Å². The topological polar surface area (TPSA) is 65.4 Å². The van der Waals surface area contributed by atoms with Crippen molar-refractivity contribution in [2.45, 2.75) is 13.8 Å². The number of thiophene rings is 1. The highest BCUT2D eigenvalue weighted by atomic mass is 32.1. The van der Waals surface area contributed by atoms with Gasteiger partial charge in [0.25, 0.3) is 5.91 Å². The second-order valence-electron chi connectivity index (χ2n) is 4.53. The summed E-state index contributed by atoms with van der Waals surface area (Å²) < 4.78 is 5.11. The number of carbonyl (C=O) groups excluding carboxylic acids is 1. The minimum atomic E-state index is -0.191. The molecule has 6 heteroatoms. The van der Waals surface area contributed by atoms with E-state index in [-0.39, 0.29) is 5.91 Å². The first-order valence-electron chi connectivity index (χ1n) is 6.70. The minimum absolute atomic E-state index is 0.191. The Labute approximate surface area is 129 Å². The van der Waals surface area contributed by atoms with Crippen molar-refractivity contribution in [3.8, 4) is 6.07 Å². The quantitative estimate of drug-likeness (QED) is 0.840. The molecular formula is C15H21N3O2S. The number of anilines is 1. The van der Waals surface area contributed by atoms with Crippen LogP contribution in [0, 0.1) is 11.3 Å². The van der Waals surface area contributed by atoms with Crippen LogP contribution in [0.1, 0.15) is 34.6 Å². The molecule has 0 atom stereocenters. The molecule has 0 saturated heterocycles. The summed E-state index contributed by atoms with van der Waals surface area (Å²) in [5.74, 6) is -0.191. The molecule has 0 aromatic carbocycles. The largest absolute Gasteiger partial charge is 0.383 e. The third-order valence-electron chi connectivity index (χ3n) is 3.10. The summed E-state index contributed by atoms with van der Waals surface area (Å²) >= 11 is 1.33. The zero-order valence-corrected chi connectivity index (χ0v) is 13.8. The van der Waals surface area contributed by atoms with Crippen molar-refractivity contribution >= 4 is 27.8 Å². The van der Waals surface area contributed by atoms with Crippen molar-refractivity contribution in [2.75, 3.05) is 38.8 Å². The highest BCUT2D eigenvalue weighted by Crippen LogP contribution is 2.38. The van der Waals surface area contributed by atoms with Crippen molar-refractivity contribution in [3.63, 3.8) is 0 Å². The van der Waals surface area contributed by atoms with Crippen LogP contribution < -0.4 is 10.2 Å². The summed E-state index contributed by atoms with van der Waals surface area (Å²) in [6, 6.07) is 2.22. The van der Waals surface area contributed by atoms with E-state index in [1.807, 2.05) is 18.7 Å². The Kier molecular flexibility index (Phi) is 6.40. The van der Waals surface area contributed by atoms with Crippen molar-refractivity contribution in [2.24, 2.45) is 0 Å². The lowest BCUT2D eigenvalue weighted by molar-refractivity contribution is 0.0967. The number of ether oxygens (including phenoxy) is 1. The number of nitriles is 1. The van der Waals surface area contributed by atoms with E-state index in [4.69, 9.17) is 4.74 Å². The first kappa shape index (κ1) is 17.2. The molecule has 1 N–H and O–H groups in total. The third-order valence-corrected chi connectivity index (χ3v) is 4.35. The monoisotopic (exact) mass is 307 g/mol. The van der Waals surface area contributed by atoms with E-state index in [1.54, 1.807) is 14.2 Å². The van der Waals surface area contributed by atoms with Gasteiger partial charge in [0, 0.05) is 32.8 Å². The van der Waals surface area contributed by atoms with E-state index in [9.17, 15) is 10.1 Å². The fourth-order valence-corrected chi connectivity index (χ4v) is 3.40. The lowest BCUT2D eigenvalue weighted by atomic mass is 10.0. The maximum Gasteiger partial charge on any atom is 0.261 e. The molecule has 1 aromatic heterocycles. The van der Waals surface area contributed by atoms with Crippen LogP contribution >= 0.6 is 11.3 Å². The van der Waals surface area contributed by atoms with E-state index >= 15 is 0 Å². The van der Waals surface area contributed by atoms with Gasteiger partial charge in [-0.1, -0.05) is 6.58 Å². The van der Waals surface area contributed by atoms with Crippen LogP contribution in [0.3, 0.4) is 0 Å². The highest BCUT2D eigenvalue weighted by Gasteiger charge is 2.25. The predicted octanol–water partition coefficient (Wildman–Crippen LogP) is 2.49. The second kappa shape index (κ2) is 7.81. The third kappa shape index (κ3) is 3.63. The molecule has 0 radical (unpaired) electrons. The lowest BCUT2D eigenvalue weighted by Gasteiger charge is -2.21. The molecule has 0 saturated carbocycles. The number of carbonyl (C=O) groups is 1. The molecule has 0 aliphatic carbocycles. The average molecular weight is 307 g/mol. The van der Waals surface area contributed by atoms with Gasteiger partial charge in [0.15, 0.2) is 0 Å². The van der Waals surface area contributed by atoms with Gasteiger partial charge in [-0.25, -0.2) is 0 Å². The standard InChI is InChI=1S/C15H21N3O2S/c1-6-18(7-8-20-5)15-11(9-16)12(10(2)3)13(21-15)14(19)17-4/h2,6-8H2,1,3-5H3,(H,17,19). The molecule has 0 unspecified atom stereocenters. The zero-order chi connectivity index (χ0) is 16.0. The van der Waals surface area contributed by atoms with Crippen molar-refractivity contribution < 1.29 is 9.53 Å². The van der Waals surface area contributed by atoms with Crippen LogP contribution in [-0.4, -0.2) is 39.8 Å². The van der Waals surface area contributed by atoms with Crippen LogP contribution in [0.15, 0.2) is 6.58 Å². The fraction of sp³-hybridized carbons (Fsp3) is 0.467. The number of rotatable bonds is 7. The molecule has 1 heterocycles.